The van der Waals surface area contributed by atoms with Gasteiger partial charge in [-0.15, -0.1) is 0 Å². The second-order valence-electron chi connectivity index (χ2n) is 5.71. The van der Waals surface area contributed by atoms with Gasteiger partial charge in [-0.3, -0.25) is 9.78 Å². The van der Waals surface area contributed by atoms with Crippen molar-refractivity contribution in [2.45, 2.75) is 31.7 Å². The molecule has 0 spiro atoms. The Bertz CT molecular complexity index is 660. The van der Waals surface area contributed by atoms with Crippen molar-refractivity contribution in [3.8, 4) is 6.07 Å². The molecule has 22 heavy (non-hydrogen) atoms. The lowest BCUT2D eigenvalue weighted by Gasteiger charge is -2.23. The van der Waals surface area contributed by atoms with Gasteiger partial charge in [0.15, 0.2) is 0 Å². The van der Waals surface area contributed by atoms with Crippen molar-refractivity contribution in [1.82, 2.24) is 10.3 Å². The van der Waals surface area contributed by atoms with Crippen LogP contribution in [0.4, 0.5) is 0 Å². The number of hydrogen-bond acceptors (Lipinski definition) is 3. The Morgan fingerprint density at radius 1 is 1.23 bits per heavy atom. The third-order valence-electron chi connectivity index (χ3n) is 3.37. The number of aromatic nitrogens is 1. The molecule has 0 saturated carbocycles. The molecular weight excluding hydrogens is 274 g/mol. The fourth-order valence-corrected chi connectivity index (χ4v) is 2.20. The SMILES string of the molecule is CC(C)(C#N)NC(=O)C(Cc1ccccn1)c1ccccc1. The molecule has 0 aliphatic carbocycles. The number of benzene rings is 1. The monoisotopic (exact) mass is 293 g/mol. The van der Waals surface area contributed by atoms with Crippen LogP contribution in [0.1, 0.15) is 31.0 Å². The summed E-state index contributed by atoms with van der Waals surface area (Å²) in [5.74, 6) is -0.535. The minimum atomic E-state index is -0.895. The van der Waals surface area contributed by atoms with Crippen molar-refractivity contribution in [1.29, 1.82) is 5.26 Å². The van der Waals surface area contributed by atoms with E-state index in [1.807, 2.05) is 48.5 Å². The van der Waals surface area contributed by atoms with Crippen LogP contribution in [0.3, 0.4) is 0 Å². The number of hydrogen-bond donors (Lipinski definition) is 1. The van der Waals surface area contributed by atoms with Gasteiger partial charge in [0, 0.05) is 18.3 Å². The second-order valence-corrected chi connectivity index (χ2v) is 5.71. The number of carbonyl (C=O) groups is 1. The lowest BCUT2D eigenvalue weighted by atomic mass is 9.92. The van der Waals surface area contributed by atoms with E-state index in [9.17, 15) is 4.79 Å². The van der Waals surface area contributed by atoms with Crippen LogP contribution >= 0.6 is 0 Å². The maximum absolute atomic E-state index is 12.6. The summed E-state index contributed by atoms with van der Waals surface area (Å²) < 4.78 is 0. The molecule has 0 bridgehead atoms. The fraction of sp³-hybridized carbons (Fsp3) is 0.278. The van der Waals surface area contributed by atoms with E-state index >= 15 is 0 Å². The highest BCUT2D eigenvalue weighted by molar-refractivity contribution is 5.84. The van der Waals surface area contributed by atoms with E-state index in [1.165, 1.54) is 0 Å². The van der Waals surface area contributed by atoms with Gasteiger partial charge in [0.25, 0.3) is 0 Å². The predicted molar refractivity (Wildman–Crippen MR) is 85.0 cm³/mol. The highest BCUT2D eigenvalue weighted by Gasteiger charge is 2.27. The van der Waals surface area contributed by atoms with E-state index < -0.39 is 5.54 Å². The third-order valence-corrected chi connectivity index (χ3v) is 3.37. The minimum Gasteiger partial charge on any atom is -0.338 e. The molecule has 1 amide bonds. The Labute approximate surface area is 130 Å². The topological polar surface area (TPSA) is 65.8 Å². The van der Waals surface area contributed by atoms with Crippen LogP contribution in [0.2, 0.25) is 0 Å². The van der Waals surface area contributed by atoms with Crippen molar-refractivity contribution in [3.05, 3.63) is 66.0 Å². The first-order chi connectivity index (χ1) is 10.5. The molecule has 1 heterocycles. The van der Waals surface area contributed by atoms with E-state index in [0.717, 1.165) is 11.3 Å². The van der Waals surface area contributed by atoms with Crippen LogP contribution in [0, 0.1) is 11.3 Å². The largest absolute Gasteiger partial charge is 0.338 e. The summed E-state index contributed by atoms with van der Waals surface area (Å²) in [4.78, 5) is 16.9. The van der Waals surface area contributed by atoms with Gasteiger partial charge < -0.3 is 5.32 Å². The molecule has 0 aliphatic rings. The summed E-state index contributed by atoms with van der Waals surface area (Å²) in [5.41, 5.74) is 0.870. The van der Waals surface area contributed by atoms with Crippen LogP contribution in [0.25, 0.3) is 0 Å². The summed E-state index contributed by atoms with van der Waals surface area (Å²) in [6, 6.07) is 17.3. The van der Waals surface area contributed by atoms with E-state index in [-0.39, 0.29) is 11.8 Å². The molecule has 2 aromatic rings. The van der Waals surface area contributed by atoms with E-state index in [4.69, 9.17) is 5.26 Å². The molecular formula is C18H19N3O. The molecule has 0 radical (unpaired) electrons. The van der Waals surface area contributed by atoms with Gasteiger partial charge in [0.1, 0.15) is 5.54 Å². The average molecular weight is 293 g/mol. The number of nitrogens with one attached hydrogen (secondary N) is 1. The first kappa shape index (κ1) is 15.7. The summed E-state index contributed by atoms with van der Waals surface area (Å²) in [6.45, 7) is 3.38. The van der Waals surface area contributed by atoms with Crippen LogP contribution in [0.15, 0.2) is 54.7 Å². The van der Waals surface area contributed by atoms with Crippen LogP contribution in [0.5, 0.6) is 0 Å². The zero-order valence-electron chi connectivity index (χ0n) is 12.8. The Balaban J connectivity index is 2.26. The summed E-state index contributed by atoms with van der Waals surface area (Å²) >= 11 is 0. The molecule has 4 nitrogen and oxygen atoms in total. The maximum Gasteiger partial charge on any atom is 0.229 e. The molecule has 1 unspecified atom stereocenters. The first-order valence-corrected chi connectivity index (χ1v) is 7.20. The van der Waals surface area contributed by atoms with E-state index in [2.05, 4.69) is 16.4 Å². The van der Waals surface area contributed by atoms with E-state index in [1.54, 1.807) is 20.0 Å². The molecule has 4 heteroatoms. The van der Waals surface area contributed by atoms with Crippen LogP contribution in [-0.4, -0.2) is 16.4 Å². The van der Waals surface area contributed by atoms with Gasteiger partial charge in [-0.2, -0.15) is 5.26 Å². The van der Waals surface area contributed by atoms with Crippen molar-refractivity contribution < 1.29 is 4.79 Å². The Kier molecular flexibility index (Phi) is 4.90. The molecule has 1 aromatic carbocycles. The number of nitrogens with zero attached hydrogens (tertiary/aromatic N) is 2. The Morgan fingerprint density at radius 3 is 2.50 bits per heavy atom. The molecule has 112 valence electrons. The molecule has 1 N–H and O–H groups in total. The zero-order valence-corrected chi connectivity index (χ0v) is 12.8. The Hall–Kier alpha value is -2.67. The minimum absolute atomic E-state index is 0.164. The molecule has 2 rings (SSSR count). The van der Waals surface area contributed by atoms with Gasteiger partial charge in [0.05, 0.1) is 12.0 Å². The lowest BCUT2D eigenvalue weighted by Crippen LogP contribution is -2.44. The van der Waals surface area contributed by atoms with Gasteiger partial charge >= 0.3 is 0 Å². The smallest absolute Gasteiger partial charge is 0.229 e. The molecule has 0 aliphatic heterocycles. The quantitative estimate of drug-likeness (QED) is 0.921. The first-order valence-electron chi connectivity index (χ1n) is 7.20. The maximum atomic E-state index is 12.6. The highest BCUT2D eigenvalue weighted by atomic mass is 16.2. The summed E-state index contributed by atoms with van der Waals surface area (Å²) in [7, 11) is 0. The molecule has 0 fully saturated rings. The third kappa shape index (κ3) is 4.16. The molecule has 0 saturated heterocycles. The van der Waals surface area contributed by atoms with Gasteiger partial charge in [0.2, 0.25) is 5.91 Å². The number of amides is 1. The zero-order chi connectivity index (χ0) is 16.0. The standard InChI is InChI=1S/C18H19N3O/c1-18(2,13-19)21-17(22)16(14-8-4-3-5-9-14)12-15-10-6-7-11-20-15/h3-11,16H,12H2,1-2H3,(H,21,22). The molecule has 1 aromatic heterocycles. The fourth-order valence-electron chi connectivity index (χ4n) is 2.20. The average Bonchev–Trinajstić information content (AvgIpc) is 2.54. The number of rotatable bonds is 5. The van der Waals surface area contributed by atoms with Crippen molar-refractivity contribution in [2.75, 3.05) is 0 Å². The van der Waals surface area contributed by atoms with Gasteiger partial charge in [-0.25, -0.2) is 0 Å². The lowest BCUT2D eigenvalue weighted by molar-refractivity contribution is -0.123. The van der Waals surface area contributed by atoms with Crippen LogP contribution < -0.4 is 5.32 Å². The van der Waals surface area contributed by atoms with Gasteiger partial charge in [-0.05, 0) is 31.5 Å². The van der Waals surface area contributed by atoms with Crippen molar-refractivity contribution in [3.63, 3.8) is 0 Å². The second kappa shape index (κ2) is 6.86. The number of carbonyl (C=O) groups excluding carboxylic acids is 1. The summed E-state index contributed by atoms with van der Waals surface area (Å²) in [6.07, 6.45) is 2.21. The highest BCUT2D eigenvalue weighted by Crippen LogP contribution is 2.21. The predicted octanol–water partition coefficient (Wildman–Crippen LogP) is 2.83. The van der Waals surface area contributed by atoms with Crippen molar-refractivity contribution in [2.24, 2.45) is 0 Å². The number of nitriles is 1. The van der Waals surface area contributed by atoms with E-state index in [0.29, 0.717) is 6.42 Å². The normalized spacial score (nSPS) is 12.2. The van der Waals surface area contributed by atoms with Gasteiger partial charge in [-0.1, -0.05) is 36.4 Å². The van der Waals surface area contributed by atoms with Crippen LogP contribution in [-0.2, 0) is 11.2 Å². The number of pyridine rings is 1. The molecule has 1 atom stereocenters. The summed E-state index contributed by atoms with van der Waals surface area (Å²) in [5, 5.41) is 11.9. The van der Waals surface area contributed by atoms with Crippen molar-refractivity contribution >= 4 is 5.91 Å². The Morgan fingerprint density at radius 2 is 1.91 bits per heavy atom.